The Labute approximate surface area is 497 Å². The molecule has 0 fully saturated rings. The molecule has 0 amide bonds. The maximum Gasteiger partial charge on any atom is 0.306 e. The Morgan fingerprint density at radius 2 is 0.487 bits per heavy atom. The van der Waals surface area contributed by atoms with Crippen LogP contribution < -0.4 is 0 Å². The first-order valence-corrected chi connectivity index (χ1v) is 34.9. The normalized spacial score (nSPS) is 12.5. The van der Waals surface area contributed by atoms with Gasteiger partial charge in [0.15, 0.2) is 6.10 Å². The first-order valence-electron chi connectivity index (χ1n) is 34.9. The zero-order chi connectivity index (χ0) is 57.8. The van der Waals surface area contributed by atoms with E-state index in [0.29, 0.717) is 19.3 Å². The van der Waals surface area contributed by atoms with E-state index in [4.69, 9.17) is 14.2 Å². The topological polar surface area (TPSA) is 78.9 Å². The zero-order valence-corrected chi connectivity index (χ0v) is 53.3. The Kier molecular flexibility index (Phi) is 65.7. The number of hydrogen-bond donors (Lipinski definition) is 0. The molecule has 0 heterocycles. The van der Waals surface area contributed by atoms with Gasteiger partial charge < -0.3 is 14.2 Å². The highest BCUT2D eigenvalue weighted by molar-refractivity contribution is 5.71. The van der Waals surface area contributed by atoms with Crippen LogP contribution in [-0.4, -0.2) is 37.2 Å². The first kappa shape index (κ1) is 76.9. The molecule has 0 aromatic carbocycles. The van der Waals surface area contributed by atoms with Crippen LogP contribution in [-0.2, 0) is 28.6 Å². The molecule has 0 saturated carbocycles. The number of rotatable bonds is 64. The van der Waals surface area contributed by atoms with Gasteiger partial charge in [-0.25, -0.2) is 0 Å². The van der Waals surface area contributed by atoms with Crippen LogP contribution in [0.15, 0.2) is 72.9 Å². The summed E-state index contributed by atoms with van der Waals surface area (Å²) in [5.74, 6) is -0.858. The molecule has 0 aliphatic heterocycles. The van der Waals surface area contributed by atoms with Crippen molar-refractivity contribution in [3.05, 3.63) is 72.9 Å². The average Bonchev–Trinajstić information content (AvgIpc) is 3.46. The van der Waals surface area contributed by atoms with E-state index in [1.54, 1.807) is 0 Å². The number of esters is 3. The van der Waals surface area contributed by atoms with E-state index in [1.807, 2.05) is 0 Å². The second-order valence-corrected chi connectivity index (χ2v) is 23.4. The Bertz CT molecular complexity index is 1470. The van der Waals surface area contributed by atoms with Gasteiger partial charge in [0.2, 0.25) is 0 Å². The molecular formula is C74H132O6. The summed E-state index contributed by atoms with van der Waals surface area (Å²) in [6, 6.07) is 0. The summed E-state index contributed by atoms with van der Waals surface area (Å²) >= 11 is 0. The smallest absolute Gasteiger partial charge is 0.306 e. The highest BCUT2D eigenvalue weighted by atomic mass is 16.6. The van der Waals surface area contributed by atoms with Crippen molar-refractivity contribution in [2.45, 2.75) is 367 Å². The fraction of sp³-hybridized carbons (Fsp3) is 0.797. The molecule has 1 unspecified atom stereocenters. The summed E-state index contributed by atoms with van der Waals surface area (Å²) in [6.45, 7) is 6.58. The monoisotopic (exact) mass is 1120 g/mol. The molecule has 464 valence electrons. The number of carbonyl (C=O) groups excluding carboxylic acids is 3. The van der Waals surface area contributed by atoms with Crippen LogP contribution in [0.4, 0.5) is 0 Å². The molecule has 0 aliphatic carbocycles. The van der Waals surface area contributed by atoms with Crippen molar-refractivity contribution in [2.24, 2.45) is 0 Å². The van der Waals surface area contributed by atoms with Crippen molar-refractivity contribution in [2.75, 3.05) is 13.2 Å². The Morgan fingerprint density at radius 3 is 0.775 bits per heavy atom. The number of carbonyl (C=O) groups is 3. The Balaban J connectivity index is 4.31. The summed E-state index contributed by atoms with van der Waals surface area (Å²) < 4.78 is 17.0. The average molecular weight is 1120 g/mol. The molecule has 0 bridgehead atoms. The quantitative estimate of drug-likeness (QED) is 0.0261. The minimum atomic E-state index is -0.778. The van der Waals surface area contributed by atoms with Crippen LogP contribution in [0.2, 0.25) is 0 Å². The SMILES string of the molecule is CC/C=C\C/C=C\C/C=C\C/C=C\C/C=C\CCCCCCCCCCCCCC(=O)OCC(COC(=O)CCCCCCCCC/C=C\CCCCCCCC)OC(=O)CCCCCCCCCCCCCCCCCCCC. The van der Waals surface area contributed by atoms with Gasteiger partial charge in [0.05, 0.1) is 0 Å². The molecule has 0 rings (SSSR count). The molecule has 0 aliphatic rings. The molecule has 0 spiro atoms. The molecule has 0 aromatic heterocycles. The fourth-order valence-corrected chi connectivity index (χ4v) is 10.2. The van der Waals surface area contributed by atoms with Gasteiger partial charge >= 0.3 is 17.9 Å². The summed E-state index contributed by atoms with van der Waals surface area (Å²) in [5.41, 5.74) is 0. The molecule has 0 radical (unpaired) electrons. The predicted molar refractivity (Wildman–Crippen MR) is 348 cm³/mol. The Morgan fingerprint density at radius 1 is 0.263 bits per heavy atom. The maximum absolute atomic E-state index is 13.0. The van der Waals surface area contributed by atoms with Crippen LogP contribution in [0.1, 0.15) is 361 Å². The van der Waals surface area contributed by atoms with E-state index in [-0.39, 0.29) is 31.1 Å². The summed E-state index contributed by atoms with van der Waals surface area (Å²) in [6.07, 6.45) is 89.2. The van der Waals surface area contributed by atoms with Crippen LogP contribution in [0.5, 0.6) is 0 Å². The van der Waals surface area contributed by atoms with Crippen molar-refractivity contribution in [3.63, 3.8) is 0 Å². The van der Waals surface area contributed by atoms with Crippen LogP contribution in [0.3, 0.4) is 0 Å². The van der Waals surface area contributed by atoms with E-state index in [9.17, 15) is 14.4 Å². The molecular weight excluding hydrogens is 985 g/mol. The van der Waals surface area contributed by atoms with E-state index in [2.05, 4.69) is 93.7 Å². The minimum absolute atomic E-state index is 0.0739. The van der Waals surface area contributed by atoms with Gasteiger partial charge in [-0.15, -0.1) is 0 Å². The molecule has 1 atom stereocenters. The molecule has 0 aromatic rings. The summed E-state index contributed by atoms with van der Waals surface area (Å²) in [4.78, 5) is 38.5. The van der Waals surface area contributed by atoms with Crippen molar-refractivity contribution >= 4 is 17.9 Å². The van der Waals surface area contributed by atoms with E-state index >= 15 is 0 Å². The lowest BCUT2D eigenvalue weighted by molar-refractivity contribution is -0.167. The number of hydrogen-bond acceptors (Lipinski definition) is 6. The molecule has 0 N–H and O–H groups in total. The van der Waals surface area contributed by atoms with Crippen LogP contribution >= 0.6 is 0 Å². The first-order chi connectivity index (χ1) is 39.5. The zero-order valence-electron chi connectivity index (χ0n) is 53.3. The fourth-order valence-electron chi connectivity index (χ4n) is 10.2. The highest BCUT2D eigenvalue weighted by Crippen LogP contribution is 2.18. The van der Waals surface area contributed by atoms with Gasteiger partial charge in [-0.2, -0.15) is 0 Å². The van der Waals surface area contributed by atoms with E-state index < -0.39 is 6.10 Å². The predicted octanol–water partition coefficient (Wildman–Crippen LogP) is 24.1. The second-order valence-electron chi connectivity index (χ2n) is 23.4. The lowest BCUT2D eigenvalue weighted by Crippen LogP contribution is -2.30. The van der Waals surface area contributed by atoms with Gasteiger partial charge in [0.1, 0.15) is 13.2 Å². The molecule has 80 heavy (non-hydrogen) atoms. The molecule has 6 heteroatoms. The molecule has 0 saturated heterocycles. The lowest BCUT2D eigenvalue weighted by atomic mass is 10.0. The number of ether oxygens (including phenoxy) is 3. The van der Waals surface area contributed by atoms with Crippen LogP contribution in [0, 0.1) is 0 Å². The second kappa shape index (κ2) is 68.3. The van der Waals surface area contributed by atoms with Gasteiger partial charge in [-0.05, 0) is 89.9 Å². The van der Waals surface area contributed by atoms with Crippen molar-refractivity contribution < 1.29 is 28.6 Å². The van der Waals surface area contributed by atoms with E-state index in [1.165, 1.54) is 231 Å². The van der Waals surface area contributed by atoms with Crippen molar-refractivity contribution in [1.82, 2.24) is 0 Å². The number of allylic oxidation sites excluding steroid dienone is 12. The van der Waals surface area contributed by atoms with Crippen LogP contribution in [0.25, 0.3) is 0 Å². The van der Waals surface area contributed by atoms with E-state index in [0.717, 1.165) is 89.9 Å². The van der Waals surface area contributed by atoms with Gasteiger partial charge in [-0.1, -0.05) is 325 Å². The van der Waals surface area contributed by atoms with Gasteiger partial charge in [-0.3, -0.25) is 14.4 Å². The summed E-state index contributed by atoms with van der Waals surface area (Å²) in [5, 5.41) is 0. The third-order valence-corrected chi connectivity index (χ3v) is 15.4. The van der Waals surface area contributed by atoms with Gasteiger partial charge in [0.25, 0.3) is 0 Å². The maximum atomic E-state index is 13.0. The highest BCUT2D eigenvalue weighted by Gasteiger charge is 2.19. The third-order valence-electron chi connectivity index (χ3n) is 15.4. The lowest BCUT2D eigenvalue weighted by Gasteiger charge is -2.18. The van der Waals surface area contributed by atoms with Gasteiger partial charge in [0, 0.05) is 19.3 Å². The summed E-state index contributed by atoms with van der Waals surface area (Å²) in [7, 11) is 0. The largest absolute Gasteiger partial charge is 0.462 e. The third kappa shape index (κ3) is 65.7. The van der Waals surface area contributed by atoms with Crippen molar-refractivity contribution in [3.8, 4) is 0 Å². The number of unbranched alkanes of at least 4 members (excludes halogenated alkanes) is 41. The van der Waals surface area contributed by atoms with Crippen molar-refractivity contribution in [1.29, 1.82) is 0 Å². The minimum Gasteiger partial charge on any atom is -0.462 e. The standard InChI is InChI=1S/C74H132O6/c1-4-7-10-13-16-19-22-25-28-31-33-34-35-36-37-38-39-40-41-44-46-49-52-55-58-61-64-67-73(76)79-70-71(69-78-72(75)66-63-60-57-54-51-48-45-42-30-27-24-21-18-15-12-9-6-3)80-74(77)68-65-62-59-56-53-50-47-43-32-29-26-23-20-17-14-11-8-5-2/h7,10,16,19,25,27-28,30,33-34,36-37,71H,4-6,8-9,11-15,17-18,20-24,26,29,31-32,35,38-70H2,1-3H3/b10-7-,19-16-,28-25-,30-27-,34-33-,37-36-. The molecule has 6 nitrogen and oxygen atoms in total. The Hall–Kier alpha value is -3.15.